The van der Waals surface area contributed by atoms with Crippen LogP contribution in [-0.2, 0) is 17.8 Å². The van der Waals surface area contributed by atoms with Crippen molar-refractivity contribution in [2.24, 2.45) is 5.73 Å². The van der Waals surface area contributed by atoms with Crippen molar-refractivity contribution in [3.63, 3.8) is 0 Å². The smallest absolute Gasteiger partial charge is 0.225 e. The Morgan fingerprint density at radius 1 is 1.27 bits per heavy atom. The van der Waals surface area contributed by atoms with E-state index in [4.69, 9.17) is 10.5 Å². The highest BCUT2D eigenvalue weighted by Gasteiger charge is 2.16. The van der Waals surface area contributed by atoms with Crippen LogP contribution in [0, 0.1) is 13.8 Å². The molecular weight excluding hydrogens is 330 g/mol. The van der Waals surface area contributed by atoms with Crippen molar-refractivity contribution in [3.8, 4) is 5.75 Å². The number of nitrogens with zero attached hydrogens (tertiary/aromatic N) is 2. The molecule has 1 amide bonds. The van der Waals surface area contributed by atoms with E-state index in [1.165, 1.54) is 0 Å². The number of nitrogens with two attached hydrogens (primary N) is 1. The van der Waals surface area contributed by atoms with E-state index in [2.05, 4.69) is 4.98 Å². The summed E-state index contributed by atoms with van der Waals surface area (Å²) in [6, 6.07) is 13.5. The third kappa shape index (κ3) is 4.03. The van der Waals surface area contributed by atoms with Gasteiger partial charge < -0.3 is 20.1 Å². The molecule has 6 heteroatoms. The van der Waals surface area contributed by atoms with Crippen molar-refractivity contribution in [1.29, 1.82) is 0 Å². The zero-order valence-corrected chi connectivity index (χ0v) is 15.0. The molecule has 0 spiro atoms. The second-order valence-electron chi connectivity index (χ2n) is 6.50. The van der Waals surface area contributed by atoms with Crippen molar-refractivity contribution < 1.29 is 14.6 Å². The van der Waals surface area contributed by atoms with Gasteiger partial charge in [-0.25, -0.2) is 4.98 Å². The van der Waals surface area contributed by atoms with Gasteiger partial charge in [0.1, 0.15) is 24.3 Å². The Morgan fingerprint density at radius 3 is 2.77 bits per heavy atom. The molecule has 0 saturated heterocycles. The summed E-state index contributed by atoms with van der Waals surface area (Å²) in [6.45, 7) is 4.42. The van der Waals surface area contributed by atoms with Gasteiger partial charge in [-0.1, -0.05) is 29.8 Å². The average Bonchev–Trinajstić information content (AvgIpc) is 2.91. The number of ether oxygens (including phenoxy) is 1. The fourth-order valence-electron chi connectivity index (χ4n) is 3.03. The first-order chi connectivity index (χ1) is 12.4. The van der Waals surface area contributed by atoms with Crippen LogP contribution < -0.4 is 10.5 Å². The lowest BCUT2D eigenvalue weighted by atomic mass is 10.1. The SMILES string of the molecule is Cc1ccc(OC[C@H](O)Cn2c(CC(N)=O)nc3ccccc32)c(C)c1. The van der Waals surface area contributed by atoms with E-state index in [9.17, 15) is 9.90 Å². The van der Waals surface area contributed by atoms with Crippen LogP contribution in [0.2, 0.25) is 0 Å². The Kier molecular flexibility index (Phi) is 5.23. The Labute approximate surface area is 152 Å². The molecule has 0 unspecified atom stereocenters. The summed E-state index contributed by atoms with van der Waals surface area (Å²) in [5, 5.41) is 10.5. The fourth-order valence-corrected chi connectivity index (χ4v) is 3.03. The first-order valence-electron chi connectivity index (χ1n) is 8.54. The quantitative estimate of drug-likeness (QED) is 0.681. The van der Waals surface area contributed by atoms with Crippen LogP contribution >= 0.6 is 0 Å². The van der Waals surface area contributed by atoms with Gasteiger partial charge in [0, 0.05) is 0 Å². The van der Waals surface area contributed by atoms with Crippen LogP contribution in [0.4, 0.5) is 0 Å². The third-order valence-corrected chi connectivity index (χ3v) is 4.22. The summed E-state index contributed by atoms with van der Waals surface area (Å²) in [7, 11) is 0. The Balaban J connectivity index is 1.75. The number of para-hydroxylation sites is 2. The van der Waals surface area contributed by atoms with Crippen molar-refractivity contribution in [2.45, 2.75) is 32.9 Å². The first kappa shape index (κ1) is 17.9. The molecule has 3 aromatic rings. The van der Waals surface area contributed by atoms with Crippen LogP contribution in [-0.4, -0.2) is 33.3 Å². The Morgan fingerprint density at radius 2 is 2.04 bits per heavy atom. The second kappa shape index (κ2) is 7.58. The van der Waals surface area contributed by atoms with Gasteiger partial charge in [-0.05, 0) is 37.6 Å². The fraction of sp³-hybridized carbons (Fsp3) is 0.300. The van der Waals surface area contributed by atoms with Gasteiger partial charge >= 0.3 is 0 Å². The highest BCUT2D eigenvalue weighted by molar-refractivity contribution is 5.80. The van der Waals surface area contributed by atoms with Gasteiger partial charge in [-0.15, -0.1) is 0 Å². The molecule has 1 atom stereocenters. The monoisotopic (exact) mass is 353 g/mol. The summed E-state index contributed by atoms with van der Waals surface area (Å²) in [5.74, 6) is 0.842. The van der Waals surface area contributed by atoms with E-state index in [1.54, 1.807) is 0 Å². The number of aromatic nitrogens is 2. The lowest BCUT2D eigenvalue weighted by Crippen LogP contribution is -2.26. The lowest BCUT2D eigenvalue weighted by Gasteiger charge is -2.16. The predicted octanol–water partition coefficient (Wildman–Crippen LogP) is 2.12. The zero-order valence-electron chi connectivity index (χ0n) is 15.0. The number of amides is 1. The number of benzene rings is 2. The van der Waals surface area contributed by atoms with Gasteiger partial charge in [0.15, 0.2) is 0 Å². The number of aliphatic hydroxyl groups is 1. The highest BCUT2D eigenvalue weighted by Crippen LogP contribution is 2.20. The molecule has 0 saturated carbocycles. The molecule has 1 heterocycles. The summed E-state index contributed by atoms with van der Waals surface area (Å²) >= 11 is 0. The first-order valence-corrected chi connectivity index (χ1v) is 8.54. The maximum atomic E-state index is 11.3. The number of imidazole rings is 1. The second-order valence-corrected chi connectivity index (χ2v) is 6.50. The number of hydrogen-bond acceptors (Lipinski definition) is 4. The topological polar surface area (TPSA) is 90.4 Å². The normalized spacial score (nSPS) is 12.3. The summed E-state index contributed by atoms with van der Waals surface area (Å²) in [5.41, 5.74) is 9.15. The maximum absolute atomic E-state index is 11.3. The zero-order chi connectivity index (χ0) is 18.7. The van der Waals surface area contributed by atoms with Crippen molar-refractivity contribution in [1.82, 2.24) is 9.55 Å². The van der Waals surface area contributed by atoms with Crippen molar-refractivity contribution >= 4 is 16.9 Å². The van der Waals surface area contributed by atoms with E-state index in [-0.39, 0.29) is 19.6 Å². The summed E-state index contributed by atoms with van der Waals surface area (Å²) in [6.07, 6.45) is -0.723. The molecule has 3 N–H and O–H groups in total. The molecule has 0 radical (unpaired) electrons. The molecule has 1 aromatic heterocycles. The van der Waals surface area contributed by atoms with Crippen LogP contribution in [0.1, 0.15) is 17.0 Å². The molecule has 0 aliphatic rings. The van der Waals surface area contributed by atoms with Gasteiger partial charge in [0.2, 0.25) is 5.91 Å². The Bertz CT molecular complexity index is 933. The molecule has 0 aliphatic heterocycles. The van der Waals surface area contributed by atoms with E-state index < -0.39 is 12.0 Å². The number of fused-ring (bicyclic) bond motifs is 1. The minimum atomic E-state index is -0.750. The lowest BCUT2D eigenvalue weighted by molar-refractivity contribution is -0.117. The third-order valence-electron chi connectivity index (χ3n) is 4.22. The minimum absolute atomic E-state index is 0.0271. The molecule has 6 nitrogen and oxygen atoms in total. The number of hydrogen-bond donors (Lipinski definition) is 2. The summed E-state index contributed by atoms with van der Waals surface area (Å²) in [4.78, 5) is 15.8. The van der Waals surface area contributed by atoms with Crippen LogP contribution in [0.3, 0.4) is 0 Å². The number of aliphatic hydroxyl groups excluding tert-OH is 1. The minimum Gasteiger partial charge on any atom is -0.491 e. The van der Waals surface area contributed by atoms with E-state index in [1.807, 2.05) is 60.9 Å². The average molecular weight is 353 g/mol. The standard InChI is InChI=1S/C20H23N3O3/c1-13-7-8-18(14(2)9-13)26-12-15(24)11-23-17-6-4-3-5-16(17)22-20(23)10-19(21)25/h3-9,15,24H,10-12H2,1-2H3,(H2,21,25)/t15-/m1/s1. The molecule has 0 fully saturated rings. The largest absolute Gasteiger partial charge is 0.491 e. The van der Waals surface area contributed by atoms with E-state index in [0.29, 0.717) is 5.82 Å². The van der Waals surface area contributed by atoms with E-state index in [0.717, 1.165) is 27.9 Å². The molecular formula is C20H23N3O3. The maximum Gasteiger partial charge on any atom is 0.225 e. The molecule has 136 valence electrons. The van der Waals surface area contributed by atoms with Gasteiger partial charge in [0.05, 0.1) is 24.0 Å². The number of rotatable bonds is 7. The van der Waals surface area contributed by atoms with Crippen molar-refractivity contribution in [2.75, 3.05) is 6.61 Å². The molecule has 0 aliphatic carbocycles. The molecule has 0 bridgehead atoms. The number of primary amides is 1. The summed E-state index contributed by atoms with van der Waals surface area (Å²) < 4.78 is 7.59. The van der Waals surface area contributed by atoms with Gasteiger partial charge in [-0.3, -0.25) is 4.79 Å². The molecule has 26 heavy (non-hydrogen) atoms. The van der Waals surface area contributed by atoms with Gasteiger partial charge in [0.25, 0.3) is 0 Å². The van der Waals surface area contributed by atoms with Crippen LogP contribution in [0.15, 0.2) is 42.5 Å². The number of carbonyl (C=O) groups is 1. The molecule has 2 aromatic carbocycles. The van der Waals surface area contributed by atoms with Crippen LogP contribution in [0.5, 0.6) is 5.75 Å². The Hall–Kier alpha value is -2.86. The van der Waals surface area contributed by atoms with Crippen LogP contribution in [0.25, 0.3) is 11.0 Å². The molecule has 3 rings (SSSR count). The van der Waals surface area contributed by atoms with E-state index >= 15 is 0 Å². The number of carbonyl (C=O) groups excluding carboxylic acids is 1. The number of aryl methyl sites for hydroxylation is 2. The van der Waals surface area contributed by atoms with Gasteiger partial charge in [-0.2, -0.15) is 0 Å². The van der Waals surface area contributed by atoms with Crippen molar-refractivity contribution in [3.05, 3.63) is 59.4 Å². The predicted molar refractivity (Wildman–Crippen MR) is 100 cm³/mol. The highest BCUT2D eigenvalue weighted by atomic mass is 16.5.